The Kier molecular flexibility index (Phi) is 5.20. The molecular formula is C15H16BrNO5. The molecule has 118 valence electrons. The van der Waals surface area contributed by atoms with E-state index < -0.39 is 11.9 Å². The van der Waals surface area contributed by atoms with Crippen LogP contribution in [-0.4, -0.2) is 39.5 Å². The van der Waals surface area contributed by atoms with Crippen molar-refractivity contribution in [2.75, 3.05) is 32.5 Å². The number of methoxy groups -OCH3 is 2. The first-order valence-electron chi connectivity index (χ1n) is 6.50. The zero-order chi connectivity index (χ0) is 16.3. The van der Waals surface area contributed by atoms with Crippen LogP contribution >= 0.6 is 15.9 Å². The van der Waals surface area contributed by atoms with Crippen LogP contribution in [0.4, 0.5) is 5.69 Å². The standard InChI is InChI=1S/C15H16BrNO5/c1-9-4-5-11(16)12(6-9)17-8-22-7-10(14(18)20-2)13(17)15(19)21-3/h4-6H,7-8H2,1-3H3. The van der Waals surface area contributed by atoms with Gasteiger partial charge < -0.3 is 19.1 Å². The van der Waals surface area contributed by atoms with Gasteiger partial charge in [-0.05, 0) is 40.5 Å². The summed E-state index contributed by atoms with van der Waals surface area (Å²) in [6, 6.07) is 5.68. The van der Waals surface area contributed by atoms with E-state index in [1.807, 2.05) is 25.1 Å². The van der Waals surface area contributed by atoms with E-state index in [1.165, 1.54) is 14.2 Å². The second-order valence-corrected chi connectivity index (χ2v) is 5.53. The molecule has 0 fully saturated rings. The molecule has 6 nitrogen and oxygen atoms in total. The van der Waals surface area contributed by atoms with Gasteiger partial charge in [-0.2, -0.15) is 0 Å². The monoisotopic (exact) mass is 369 g/mol. The normalized spacial score (nSPS) is 14.8. The van der Waals surface area contributed by atoms with Crippen LogP contribution in [0.2, 0.25) is 0 Å². The Labute approximate surface area is 136 Å². The molecule has 2 rings (SSSR count). The van der Waals surface area contributed by atoms with Gasteiger partial charge in [0.15, 0.2) is 0 Å². The van der Waals surface area contributed by atoms with Gasteiger partial charge in [0, 0.05) is 4.47 Å². The highest BCUT2D eigenvalue weighted by Gasteiger charge is 2.33. The number of halogens is 1. The van der Waals surface area contributed by atoms with E-state index in [0.717, 1.165) is 10.0 Å². The summed E-state index contributed by atoms with van der Waals surface area (Å²) >= 11 is 3.45. The minimum atomic E-state index is -0.617. The van der Waals surface area contributed by atoms with E-state index in [4.69, 9.17) is 14.2 Å². The Balaban J connectivity index is 2.60. The van der Waals surface area contributed by atoms with Gasteiger partial charge >= 0.3 is 11.9 Å². The van der Waals surface area contributed by atoms with E-state index in [0.29, 0.717) is 5.69 Å². The van der Waals surface area contributed by atoms with E-state index in [-0.39, 0.29) is 24.6 Å². The molecule has 1 aromatic carbocycles. The number of anilines is 1. The maximum Gasteiger partial charge on any atom is 0.355 e. The molecule has 7 heteroatoms. The molecule has 0 amide bonds. The lowest BCUT2D eigenvalue weighted by atomic mass is 10.1. The van der Waals surface area contributed by atoms with Gasteiger partial charge in [0.05, 0.1) is 32.1 Å². The summed E-state index contributed by atoms with van der Waals surface area (Å²) in [7, 11) is 2.52. The highest BCUT2D eigenvalue weighted by Crippen LogP contribution is 2.33. The maximum absolute atomic E-state index is 12.2. The fourth-order valence-corrected chi connectivity index (χ4v) is 2.62. The lowest BCUT2D eigenvalue weighted by Gasteiger charge is -2.32. The molecule has 0 atom stereocenters. The maximum atomic E-state index is 12.2. The Hall–Kier alpha value is -1.86. The van der Waals surface area contributed by atoms with E-state index in [2.05, 4.69) is 15.9 Å². The highest BCUT2D eigenvalue weighted by molar-refractivity contribution is 9.10. The summed E-state index contributed by atoms with van der Waals surface area (Å²) in [5.41, 5.74) is 1.98. The quantitative estimate of drug-likeness (QED) is 0.760. The largest absolute Gasteiger partial charge is 0.466 e. The summed E-state index contributed by atoms with van der Waals surface area (Å²) in [4.78, 5) is 25.7. The fourth-order valence-electron chi connectivity index (χ4n) is 2.16. The molecule has 1 aromatic rings. The molecule has 1 heterocycles. The lowest BCUT2D eigenvalue weighted by molar-refractivity contribution is -0.140. The molecule has 1 aliphatic heterocycles. The molecule has 22 heavy (non-hydrogen) atoms. The van der Waals surface area contributed by atoms with Crippen LogP contribution in [0.1, 0.15) is 5.56 Å². The second kappa shape index (κ2) is 6.93. The Morgan fingerprint density at radius 2 is 1.91 bits per heavy atom. The molecule has 0 N–H and O–H groups in total. The lowest BCUT2D eigenvalue weighted by Crippen LogP contribution is -2.39. The number of benzene rings is 1. The van der Waals surface area contributed by atoms with Gasteiger partial charge in [-0.25, -0.2) is 9.59 Å². The van der Waals surface area contributed by atoms with Gasteiger partial charge in [0.25, 0.3) is 0 Å². The third kappa shape index (κ3) is 3.15. The first-order chi connectivity index (χ1) is 10.5. The van der Waals surface area contributed by atoms with Crippen LogP contribution in [0.15, 0.2) is 33.9 Å². The van der Waals surface area contributed by atoms with Gasteiger partial charge in [0.2, 0.25) is 0 Å². The van der Waals surface area contributed by atoms with Gasteiger partial charge in [-0.1, -0.05) is 6.07 Å². The summed E-state index contributed by atoms with van der Waals surface area (Å²) in [6.07, 6.45) is 0. The smallest absolute Gasteiger partial charge is 0.355 e. The zero-order valence-electron chi connectivity index (χ0n) is 12.5. The van der Waals surface area contributed by atoms with Crippen molar-refractivity contribution >= 4 is 33.6 Å². The SMILES string of the molecule is COC(=O)C1=C(C(=O)OC)N(c2cc(C)ccc2Br)COC1. The van der Waals surface area contributed by atoms with Crippen molar-refractivity contribution < 1.29 is 23.8 Å². The molecule has 0 spiro atoms. The molecule has 0 saturated heterocycles. The molecule has 0 bridgehead atoms. The Morgan fingerprint density at radius 3 is 2.55 bits per heavy atom. The minimum Gasteiger partial charge on any atom is -0.466 e. The number of carbonyl (C=O) groups excluding carboxylic acids is 2. The highest BCUT2D eigenvalue weighted by atomic mass is 79.9. The minimum absolute atomic E-state index is 0.00294. The van der Waals surface area contributed by atoms with Crippen LogP contribution in [0.5, 0.6) is 0 Å². The Morgan fingerprint density at radius 1 is 1.23 bits per heavy atom. The fraction of sp³-hybridized carbons (Fsp3) is 0.333. The Bertz CT molecular complexity index is 641. The first kappa shape index (κ1) is 16.5. The van der Waals surface area contributed by atoms with Gasteiger partial charge in [-0.15, -0.1) is 0 Å². The van der Waals surface area contributed by atoms with Crippen molar-refractivity contribution in [2.45, 2.75) is 6.92 Å². The number of ether oxygens (including phenoxy) is 3. The number of rotatable bonds is 3. The second-order valence-electron chi connectivity index (χ2n) is 4.67. The predicted octanol–water partition coefficient (Wildman–Crippen LogP) is 2.15. The first-order valence-corrected chi connectivity index (χ1v) is 7.30. The molecule has 1 aliphatic rings. The number of esters is 2. The third-order valence-electron chi connectivity index (χ3n) is 3.23. The van der Waals surface area contributed by atoms with Crippen molar-refractivity contribution in [1.82, 2.24) is 0 Å². The van der Waals surface area contributed by atoms with Crippen LogP contribution < -0.4 is 4.90 Å². The van der Waals surface area contributed by atoms with Crippen molar-refractivity contribution in [3.05, 3.63) is 39.5 Å². The summed E-state index contributed by atoms with van der Waals surface area (Å²) in [5, 5.41) is 0. The zero-order valence-corrected chi connectivity index (χ0v) is 14.1. The van der Waals surface area contributed by atoms with Gasteiger partial charge in [-0.3, -0.25) is 0 Å². The number of carbonyl (C=O) groups is 2. The number of nitrogens with zero attached hydrogens (tertiary/aromatic N) is 1. The summed E-state index contributed by atoms with van der Waals surface area (Å²) < 4.78 is 15.8. The molecule has 0 unspecified atom stereocenters. The van der Waals surface area contributed by atoms with Crippen LogP contribution in [0, 0.1) is 6.92 Å². The van der Waals surface area contributed by atoms with Crippen LogP contribution in [0.3, 0.4) is 0 Å². The third-order valence-corrected chi connectivity index (χ3v) is 3.90. The summed E-state index contributed by atoms with van der Waals surface area (Å²) in [6.45, 7) is 2.06. The van der Waals surface area contributed by atoms with Crippen molar-refractivity contribution in [2.24, 2.45) is 0 Å². The molecule has 0 radical (unpaired) electrons. The van der Waals surface area contributed by atoms with Crippen molar-refractivity contribution in [3.63, 3.8) is 0 Å². The molecule has 0 aromatic heterocycles. The number of hydrogen-bond acceptors (Lipinski definition) is 6. The summed E-state index contributed by atoms with van der Waals surface area (Å²) in [5.74, 6) is -1.23. The average Bonchev–Trinajstić information content (AvgIpc) is 2.54. The van der Waals surface area contributed by atoms with E-state index in [9.17, 15) is 9.59 Å². The van der Waals surface area contributed by atoms with E-state index >= 15 is 0 Å². The van der Waals surface area contributed by atoms with E-state index in [1.54, 1.807) is 4.90 Å². The molecule has 0 aliphatic carbocycles. The van der Waals surface area contributed by atoms with Crippen molar-refractivity contribution in [1.29, 1.82) is 0 Å². The van der Waals surface area contributed by atoms with Crippen molar-refractivity contribution in [3.8, 4) is 0 Å². The average molecular weight is 370 g/mol. The predicted molar refractivity (Wildman–Crippen MR) is 83.2 cm³/mol. The van der Waals surface area contributed by atoms with Gasteiger partial charge in [0.1, 0.15) is 12.4 Å². The van der Waals surface area contributed by atoms with Crippen LogP contribution in [-0.2, 0) is 23.8 Å². The molecule has 0 saturated carbocycles. The topological polar surface area (TPSA) is 65.1 Å². The number of aryl methyl sites for hydroxylation is 1. The van der Waals surface area contributed by atoms with Crippen LogP contribution in [0.25, 0.3) is 0 Å². The molecular weight excluding hydrogens is 354 g/mol. The number of hydrogen-bond donors (Lipinski definition) is 0.